The summed E-state index contributed by atoms with van der Waals surface area (Å²) in [6.45, 7) is 8.47. The van der Waals surface area contributed by atoms with Crippen LogP contribution >= 0.6 is 7.82 Å². The first-order valence-electron chi connectivity index (χ1n) is 7.70. The van der Waals surface area contributed by atoms with E-state index in [-0.39, 0.29) is 30.1 Å². The van der Waals surface area contributed by atoms with Crippen LogP contribution in [0.5, 0.6) is 5.75 Å². The molecule has 0 aliphatic carbocycles. The Labute approximate surface area is 142 Å². The van der Waals surface area contributed by atoms with E-state index in [1.165, 1.54) is 18.2 Å². The molecule has 0 fully saturated rings. The second-order valence-electron chi connectivity index (χ2n) is 5.86. The Morgan fingerprint density at radius 3 is 2.21 bits per heavy atom. The molecule has 0 bridgehead atoms. The minimum Gasteiger partial charge on any atom is -0.456 e. The van der Waals surface area contributed by atoms with Crippen molar-refractivity contribution < 1.29 is 32.8 Å². The number of carbonyl (C=O) groups excluding carboxylic acids is 1. The third-order valence-corrected chi connectivity index (χ3v) is 4.22. The van der Waals surface area contributed by atoms with Crippen molar-refractivity contribution in [2.75, 3.05) is 13.2 Å². The maximum Gasteiger partial charge on any atom is 0.530 e. The minimum atomic E-state index is -3.78. The highest BCUT2D eigenvalue weighted by Crippen LogP contribution is 2.50. The quantitative estimate of drug-likeness (QED) is 0.558. The zero-order valence-electron chi connectivity index (χ0n) is 14.7. The number of esters is 1. The lowest BCUT2D eigenvalue weighted by atomic mass is 10.1. The number of hydrogen-bond acceptors (Lipinski definition) is 7. The summed E-state index contributed by atoms with van der Waals surface area (Å²) in [5.41, 5.74) is -0.104. The molecule has 0 radical (unpaired) electrons. The highest BCUT2D eigenvalue weighted by atomic mass is 31.2. The lowest BCUT2D eigenvalue weighted by Gasteiger charge is -2.21. The van der Waals surface area contributed by atoms with Crippen LogP contribution in [-0.4, -0.2) is 29.9 Å². The lowest BCUT2D eigenvalue weighted by molar-refractivity contribution is 0.00693. The summed E-state index contributed by atoms with van der Waals surface area (Å²) in [5, 5.41) is 9.51. The van der Waals surface area contributed by atoms with Crippen LogP contribution in [0.15, 0.2) is 18.2 Å². The SMILES string of the molecule is CCOP(=O)(OCC)Oc1ccc(C(=O)OC(C)(C)C)cc1CO. The van der Waals surface area contributed by atoms with Crippen molar-refractivity contribution in [2.45, 2.75) is 46.8 Å². The third-order valence-electron chi connectivity index (χ3n) is 2.65. The van der Waals surface area contributed by atoms with E-state index in [2.05, 4.69) is 0 Å². The lowest BCUT2D eigenvalue weighted by Crippen LogP contribution is -2.24. The van der Waals surface area contributed by atoms with Gasteiger partial charge in [0.1, 0.15) is 11.4 Å². The van der Waals surface area contributed by atoms with E-state index in [9.17, 15) is 14.5 Å². The zero-order chi connectivity index (χ0) is 18.4. The molecule has 0 spiro atoms. The van der Waals surface area contributed by atoms with Gasteiger partial charge in [-0.15, -0.1) is 0 Å². The first-order chi connectivity index (χ1) is 11.1. The molecule has 136 valence electrons. The maximum absolute atomic E-state index is 12.4. The van der Waals surface area contributed by atoms with Gasteiger partial charge >= 0.3 is 13.8 Å². The molecule has 1 aromatic carbocycles. The van der Waals surface area contributed by atoms with Crippen LogP contribution in [0.4, 0.5) is 0 Å². The van der Waals surface area contributed by atoms with Gasteiger partial charge in [-0.2, -0.15) is 0 Å². The van der Waals surface area contributed by atoms with E-state index in [0.717, 1.165) is 0 Å². The average Bonchev–Trinajstić information content (AvgIpc) is 2.46. The van der Waals surface area contributed by atoms with Crippen LogP contribution in [0.1, 0.15) is 50.5 Å². The van der Waals surface area contributed by atoms with Crippen LogP contribution in [0, 0.1) is 0 Å². The summed E-state index contributed by atoms with van der Waals surface area (Å²) in [6.07, 6.45) is 0. The van der Waals surface area contributed by atoms with E-state index in [1.807, 2.05) is 0 Å². The highest BCUT2D eigenvalue weighted by Gasteiger charge is 2.29. The molecule has 1 aromatic rings. The number of ether oxygens (including phenoxy) is 1. The van der Waals surface area contributed by atoms with Crippen molar-refractivity contribution in [1.29, 1.82) is 0 Å². The summed E-state index contributed by atoms with van der Waals surface area (Å²) in [5.74, 6) is -0.406. The van der Waals surface area contributed by atoms with Crippen LogP contribution in [0.3, 0.4) is 0 Å². The van der Waals surface area contributed by atoms with Gasteiger partial charge in [0.2, 0.25) is 0 Å². The van der Waals surface area contributed by atoms with Crippen LogP contribution < -0.4 is 4.52 Å². The van der Waals surface area contributed by atoms with Gasteiger partial charge < -0.3 is 14.4 Å². The number of aliphatic hydroxyl groups excluding tert-OH is 1. The second-order valence-corrected chi connectivity index (χ2v) is 7.45. The predicted octanol–water partition coefficient (Wildman–Crippen LogP) is 3.69. The number of phosphoric acid groups is 1. The summed E-state index contributed by atoms with van der Waals surface area (Å²) in [7, 11) is -3.78. The Morgan fingerprint density at radius 1 is 1.17 bits per heavy atom. The molecule has 0 aliphatic rings. The predicted molar refractivity (Wildman–Crippen MR) is 89.0 cm³/mol. The molecule has 7 nitrogen and oxygen atoms in total. The molecule has 0 saturated heterocycles. The molecule has 24 heavy (non-hydrogen) atoms. The smallest absolute Gasteiger partial charge is 0.456 e. The van der Waals surface area contributed by atoms with Crippen molar-refractivity contribution in [2.24, 2.45) is 0 Å². The molecule has 1 N–H and O–H groups in total. The molecule has 0 unspecified atom stereocenters. The second kappa shape index (κ2) is 8.62. The Morgan fingerprint density at radius 2 is 1.75 bits per heavy atom. The van der Waals surface area contributed by atoms with Crippen molar-refractivity contribution in [3.63, 3.8) is 0 Å². The van der Waals surface area contributed by atoms with E-state index < -0.39 is 26.0 Å². The zero-order valence-corrected chi connectivity index (χ0v) is 15.6. The monoisotopic (exact) mass is 360 g/mol. The molecular formula is C16H25O7P. The van der Waals surface area contributed by atoms with Gasteiger partial charge in [0.25, 0.3) is 0 Å². The first-order valence-corrected chi connectivity index (χ1v) is 9.16. The molecule has 0 atom stereocenters. The fourth-order valence-corrected chi connectivity index (χ4v) is 3.01. The Kier molecular flexibility index (Phi) is 7.42. The fourth-order valence-electron chi connectivity index (χ4n) is 1.78. The topological polar surface area (TPSA) is 91.3 Å². The summed E-state index contributed by atoms with van der Waals surface area (Å²) < 4.78 is 33.1. The summed E-state index contributed by atoms with van der Waals surface area (Å²) in [4.78, 5) is 12.1. The van der Waals surface area contributed by atoms with Gasteiger partial charge in [-0.05, 0) is 52.8 Å². The first kappa shape index (κ1) is 20.6. The molecule has 0 heterocycles. The number of benzene rings is 1. The van der Waals surface area contributed by atoms with Crippen molar-refractivity contribution in [1.82, 2.24) is 0 Å². The van der Waals surface area contributed by atoms with Crippen molar-refractivity contribution >= 4 is 13.8 Å². The Balaban J connectivity index is 3.06. The van der Waals surface area contributed by atoms with Gasteiger partial charge in [-0.3, -0.25) is 9.05 Å². The van der Waals surface area contributed by atoms with Crippen LogP contribution in [0.2, 0.25) is 0 Å². The number of rotatable bonds is 8. The van der Waals surface area contributed by atoms with Gasteiger partial charge in [0.15, 0.2) is 0 Å². The Hall–Kier alpha value is -1.40. The number of aliphatic hydroxyl groups is 1. The standard InChI is InChI=1S/C16H25O7P/c1-6-20-24(19,21-7-2)23-14-9-8-12(10-13(14)11-17)15(18)22-16(3,4)5/h8-10,17H,6-7,11H2,1-5H3. The van der Waals surface area contributed by atoms with Gasteiger partial charge in [0.05, 0.1) is 25.4 Å². The molecule has 0 amide bonds. The molecule has 0 aliphatic heterocycles. The molecule has 0 saturated carbocycles. The van der Waals surface area contributed by atoms with Crippen LogP contribution in [0.25, 0.3) is 0 Å². The van der Waals surface area contributed by atoms with E-state index in [0.29, 0.717) is 0 Å². The van der Waals surface area contributed by atoms with Crippen molar-refractivity contribution in [3.8, 4) is 5.75 Å². The van der Waals surface area contributed by atoms with Crippen molar-refractivity contribution in [3.05, 3.63) is 29.3 Å². The fraction of sp³-hybridized carbons (Fsp3) is 0.562. The highest BCUT2D eigenvalue weighted by molar-refractivity contribution is 7.48. The molecular weight excluding hydrogens is 335 g/mol. The molecule has 1 rings (SSSR count). The molecule has 8 heteroatoms. The normalized spacial score (nSPS) is 12.1. The number of phosphoric ester groups is 1. The number of carbonyl (C=O) groups is 1. The minimum absolute atomic E-state index is 0.120. The third kappa shape index (κ3) is 6.24. The average molecular weight is 360 g/mol. The number of hydrogen-bond donors (Lipinski definition) is 1. The summed E-state index contributed by atoms with van der Waals surface area (Å²) in [6, 6.07) is 4.31. The van der Waals surface area contributed by atoms with Gasteiger partial charge in [-0.1, -0.05) is 0 Å². The largest absolute Gasteiger partial charge is 0.530 e. The van der Waals surface area contributed by atoms with E-state index in [1.54, 1.807) is 34.6 Å². The van der Waals surface area contributed by atoms with Gasteiger partial charge in [-0.25, -0.2) is 9.36 Å². The van der Waals surface area contributed by atoms with Crippen LogP contribution in [-0.2, 0) is 25.0 Å². The van der Waals surface area contributed by atoms with E-state index in [4.69, 9.17) is 18.3 Å². The maximum atomic E-state index is 12.4. The van der Waals surface area contributed by atoms with E-state index >= 15 is 0 Å². The van der Waals surface area contributed by atoms with Gasteiger partial charge in [0, 0.05) is 5.56 Å². The molecule has 0 aromatic heterocycles. The Bertz CT molecular complexity index is 597. The summed E-state index contributed by atoms with van der Waals surface area (Å²) >= 11 is 0.